The Labute approximate surface area is 156 Å². The summed E-state index contributed by atoms with van der Waals surface area (Å²) in [5.41, 5.74) is 1.78. The molecule has 3 aromatic rings. The van der Waals surface area contributed by atoms with Gasteiger partial charge in [0.25, 0.3) is 0 Å². The second-order valence-corrected chi connectivity index (χ2v) is 6.15. The number of H-pyrrole nitrogens is 1. The van der Waals surface area contributed by atoms with Crippen molar-refractivity contribution in [3.63, 3.8) is 0 Å². The minimum Gasteiger partial charge on any atom is -0.445 e. The Morgan fingerprint density at radius 3 is 2.56 bits per heavy atom. The first-order chi connectivity index (χ1) is 13.3. The first-order valence-electron chi connectivity index (χ1n) is 8.70. The third-order valence-electron chi connectivity index (χ3n) is 4.42. The van der Waals surface area contributed by atoms with Gasteiger partial charge in [-0.2, -0.15) is 5.21 Å². The highest BCUT2D eigenvalue weighted by Crippen LogP contribution is 2.18. The third kappa shape index (κ3) is 4.02. The smallest absolute Gasteiger partial charge is 0.410 e. The van der Waals surface area contributed by atoms with E-state index in [1.165, 1.54) is 0 Å². The molecule has 1 fully saturated rings. The van der Waals surface area contributed by atoms with Crippen molar-refractivity contribution in [2.45, 2.75) is 6.61 Å². The van der Waals surface area contributed by atoms with Gasteiger partial charge < -0.3 is 14.5 Å². The van der Waals surface area contributed by atoms with E-state index < -0.39 is 0 Å². The minimum absolute atomic E-state index is 0.279. The van der Waals surface area contributed by atoms with Crippen molar-refractivity contribution in [1.82, 2.24) is 30.5 Å². The number of benzene rings is 1. The molecule has 138 valence electrons. The summed E-state index contributed by atoms with van der Waals surface area (Å²) >= 11 is 0. The van der Waals surface area contributed by atoms with Crippen LogP contribution < -0.4 is 4.90 Å². The van der Waals surface area contributed by atoms with Gasteiger partial charge in [0.15, 0.2) is 0 Å². The fourth-order valence-corrected chi connectivity index (χ4v) is 2.92. The van der Waals surface area contributed by atoms with Crippen molar-refractivity contribution in [1.29, 1.82) is 0 Å². The van der Waals surface area contributed by atoms with Crippen LogP contribution in [-0.2, 0) is 11.3 Å². The molecule has 1 amide bonds. The lowest BCUT2D eigenvalue weighted by Crippen LogP contribution is -2.49. The van der Waals surface area contributed by atoms with E-state index in [4.69, 9.17) is 4.74 Å². The number of hydrogen-bond acceptors (Lipinski definition) is 7. The van der Waals surface area contributed by atoms with Crippen molar-refractivity contribution >= 4 is 11.9 Å². The molecule has 0 atom stereocenters. The maximum atomic E-state index is 12.2. The number of carbonyl (C=O) groups excluding carboxylic acids is 1. The predicted octanol–water partition coefficient (Wildman–Crippen LogP) is 1.72. The standard InChI is InChI=1S/C18H19N7O2/c26-18(27-13-14-4-2-1-3-5-14)25-10-8-24(9-11-25)16-7-6-15(12-19-16)17-20-22-23-21-17/h1-7,12H,8-11,13H2,(H,20,21,22,23). The van der Waals surface area contributed by atoms with Gasteiger partial charge in [0, 0.05) is 37.9 Å². The molecule has 27 heavy (non-hydrogen) atoms. The van der Waals surface area contributed by atoms with Gasteiger partial charge in [-0.3, -0.25) is 0 Å². The summed E-state index contributed by atoms with van der Waals surface area (Å²) in [5.74, 6) is 1.37. The first kappa shape index (κ1) is 17.0. The first-order valence-corrected chi connectivity index (χ1v) is 8.70. The molecule has 0 spiro atoms. The van der Waals surface area contributed by atoms with Gasteiger partial charge in [-0.05, 0) is 22.9 Å². The molecule has 0 bridgehead atoms. The van der Waals surface area contributed by atoms with Crippen molar-refractivity contribution in [3.8, 4) is 11.4 Å². The van der Waals surface area contributed by atoms with Crippen LogP contribution in [0.25, 0.3) is 11.4 Å². The summed E-state index contributed by atoms with van der Waals surface area (Å²) in [6, 6.07) is 13.5. The largest absolute Gasteiger partial charge is 0.445 e. The number of tetrazole rings is 1. The van der Waals surface area contributed by atoms with Crippen molar-refractivity contribution in [2.24, 2.45) is 0 Å². The molecule has 0 saturated carbocycles. The quantitative estimate of drug-likeness (QED) is 0.751. The molecule has 0 radical (unpaired) electrons. The lowest BCUT2D eigenvalue weighted by molar-refractivity contribution is 0.0941. The van der Waals surface area contributed by atoms with Gasteiger partial charge in [-0.25, -0.2) is 9.78 Å². The van der Waals surface area contributed by atoms with Crippen LogP contribution in [0.4, 0.5) is 10.6 Å². The zero-order valence-electron chi connectivity index (χ0n) is 14.7. The fourth-order valence-electron chi connectivity index (χ4n) is 2.92. The summed E-state index contributed by atoms with van der Waals surface area (Å²) in [5, 5.41) is 13.8. The molecular weight excluding hydrogens is 346 g/mol. The van der Waals surface area contributed by atoms with Crippen LogP contribution in [0, 0.1) is 0 Å². The second-order valence-electron chi connectivity index (χ2n) is 6.15. The normalized spacial score (nSPS) is 14.2. The molecule has 9 nitrogen and oxygen atoms in total. The SMILES string of the molecule is O=C(OCc1ccccc1)N1CCN(c2ccc(-c3nn[nH]n3)cn2)CC1. The zero-order chi connectivity index (χ0) is 18.5. The van der Waals surface area contributed by atoms with E-state index in [0.29, 0.717) is 38.6 Å². The van der Waals surface area contributed by atoms with Gasteiger partial charge in [0.05, 0.1) is 0 Å². The second kappa shape index (κ2) is 7.81. The Kier molecular flexibility index (Phi) is 4.91. The van der Waals surface area contributed by atoms with Crippen LogP contribution in [0.15, 0.2) is 48.7 Å². The highest BCUT2D eigenvalue weighted by atomic mass is 16.6. The molecule has 1 aliphatic rings. The van der Waals surface area contributed by atoms with Gasteiger partial charge >= 0.3 is 6.09 Å². The molecule has 0 aliphatic carbocycles. The lowest BCUT2D eigenvalue weighted by atomic mass is 10.2. The topological polar surface area (TPSA) is 100 Å². The molecule has 3 heterocycles. The number of amides is 1. The van der Waals surface area contributed by atoms with E-state index in [-0.39, 0.29) is 6.09 Å². The summed E-state index contributed by atoms with van der Waals surface area (Å²) in [7, 11) is 0. The monoisotopic (exact) mass is 365 g/mol. The summed E-state index contributed by atoms with van der Waals surface area (Å²) in [6.45, 7) is 2.90. The van der Waals surface area contributed by atoms with Crippen LogP contribution in [-0.4, -0.2) is 62.8 Å². The van der Waals surface area contributed by atoms with E-state index in [1.54, 1.807) is 11.1 Å². The average Bonchev–Trinajstić information content (AvgIpc) is 3.28. The van der Waals surface area contributed by atoms with E-state index >= 15 is 0 Å². The summed E-state index contributed by atoms with van der Waals surface area (Å²) < 4.78 is 5.40. The lowest BCUT2D eigenvalue weighted by Gasteiger charge is -2.34. The molecule has 1 aliphatic heterocycles. The maximum absolute atomic E-state index is 12.2. The number of rotatable bonds is 4. The number of carbonyl (C=O) groups is 1. The Morgan fingerprint density at radius 1 is 1.07 bits per heavy atom. The van der Waals surface area contributed by atoms with Crippen LogP contribution in [0.3, 0.4) is 0 Å². The van der Waals surface area contributed by atoms with Crippen molar-refractivity contribution in [3.05, 3.63) is 54.2 Å². The predicted molar refractivity (Wildman–Crippen MR) is 97.8 cm³/mol. The number of piperazine rings is 1. The minimum atomic E-state index is -0.279. The highest BCUT2D eigenvalue weighted by Gasteiger charge is 2.23. The molecule has 2 aromatic heterocycles. The molecule has 1 aromatic carbocycles. The number of nitrogens with one attached hydrogen (secondary N) is 1. The number of ether oxygens (including phenoxy) is 1. The number of hydrogen-bond donors (Lipinski definition) is 1. The maximum Gasteiger partial charge on any atom is 0.410 e. The van der Waals surface area contributed by atoms with Crippen LogP contribution in [0.1, 0.15) is 5.56 Å². The number of anilines is 1. The van der Waals surface area contributed by atoms with Crippen LogP contribution in [0.2, 0.25) is 0 Å². The van der Waals surface area contributed by atoms with E-state index in [1.807, 2.05) is 42.5 Å². The van der Waals surface area contributed by atoms with Crippen molar-refractivity contribution < 1.29 is 9.53 Å². The average molecular weight is 365 g/mol. The molecule has 4 rings (SSSR count). The van der Waals surface area contributed by atoms with Crippen LogP contribution >= 0.6 is 0 Å². The molecule has 0 unspecified atom stereocenters. The molecule has 1 N–H and O–H groups in total. The van der Waals surface area contributed by atoms with Gasteiger partial charge in [-0.15, -0.1) is 10.2 Å². The highest BCUT2D eigenvalue weighted by molar-refractivity contribution is 5.68. The van der Waals surface area contributed by atoms with Gasteiger partial charge in [0.2, 0.25) is 5.82 Å². The van der Waals surface area contributed by atoms with E-state index in [2.05, 4.69) is 30.5 Å². The van der Waals surface area contributed by atoms with E-state index in [9.17, 15) is 4.79 Å². The molecular formula is C18H19N7O2. The Bertz CT molecular complexity index is 860. The van der Waals surface area contributed by atoms with Crippen LogP contribution in [0.5, 0.6) is 0 Å². The summed E-state index contributed by atoms with van der Waals surface area (Å²) in [4.78, 5) is 20.6. The van der Waals surface area contributed by atoms with Crippen molar-refractivity contribution in [2.75, 3.05) is 31.1 Å². The zero-order valence-corrected chi connectivity index (χ0v) is 14.7. The number of aromatic amines is 1. The van der Waals surface area contributed by atoms with Gasteiger partial charge in [-0.1, -0.05) is 30.3 Å². The third-order valence-corrected chi connectivity index (χ3v) is 4.42. The fraction of sp³-hybridized carbons (Fsp3) is 0.278. The summed E-state index contributed by atoms with van der Waals surface area (Å²) in [6.07, 6.45) is 1.44. The van der Waals surface area contributed by atoms with E-state index in [0.717, 1.165) is 16.9 Å². The molecule has 9 heteroatoms. The van der Waals surface area contributed by atoms with Gasteiger partial charge in [0.1, 0.15) is 12.4 Å². The Hall–Kier alpha value is -3.49. The molecule has 1 saturated heterocycles. The Balaban J connectivity index is 1.29. The Morgan fingerprint density at radius 2 is 1.89 bits per heavy atom. The number of aromatic nitrogens is 5. The number of nitrogens with zero attached hydrogens (tertiary/aromatic N) is 6. The number of pyridine rings is 1.